The number of thiazole rings is 1. The van der Waals surface area contributed by atoms with E-state index in [0.29, 0.717) is 6.04 Å². The van der Waals surface area contributed by atoms with Crippen molar-refractivity contribution in [1.29, 1.82) is 0 Å². The van der Waals surface area contributed by atoms with Gasteiger partial charge in [-0.25, -0.2) is 0 Å². The SMILES string of the molecule is CCCNC(C1=CCCCCC1)c1cncs1. The molecule has 1 aliphatic carbocycles. The van der Waals surface area contributed by atoms with Crippen LogP contribution in [-0.2, 0) is 0 Å². The third-order valence-electron chi connectivity index (χ3n) is 3.28. The van der Waals surface area contributed by atoms with E-state index < -0.39 is 0 Å². The van der Waals surface area contributed by atoms with Gasteiger partial charge in [-0.3, -0.25) is 4.98 Å². The quantitative estimate of drug-likeness (QED) is 0.797. The van der Waals surface area contributed by atoms with Crippen LogP contribution in [0, 0.1) is 0 Å². The smallest absolute Gasteiger partial charge is 0.0794 e. The van der Waals surface area contributed by atoms with E-state index in [-0.39, 0.29) is 0 Å². The second-order valence-electron chi connectivity index (χ2n) is 4.67. The minimum Gasteiger partial charge on any atom is -0.306 e. The van der Waals surface area contributed by atoms with E-state index in [1.54, 1.807) is 16.9 Å². The molecule has 0 saturated carbocycles. The summed E-state index contributed by atoms with van der Waals surface area (Å²) in [4.78, 5) is 5.59. The summed E-state index contributed by atoms with van der Waals surface area (Å²) in [7, 11) is 0. The van der Waals surface area contributed by atoms with Gasteiger partial charge >= 0.3 is 0 Å². The third-order valence-corrected chi connectivity index (χ3v) is 4.12. The van der Waals surface area contributed by atoms with Crippen molar-refractivity contribution in [3.05, 3.63) is 28.2 Å². The van der Waals surface area contributed by atoms with Crippen molar-refractivity contribution in [2.24, 2.45) is 0 Å². The summed E-state index contributed by atoms with van der Waals surface area (Å²) in [5.41, 5.74) is 3.52. The molecular formula is C14H22N2S. The second kappa shape index (κ2) is 6.92. The molecule has 0 radical (unpaired) electrons. The number of aromatic nitrogens is 1. The Morgan fingerprint density at radius 2 is 2.35 bits per heavy atom. The van der Waals surface area contributed by atoms with Crippen LogP contribution < -0.4 is 5.32 Å². The Kier molecular flexibility index (Phi) is 5.20. The lowest BCUT2D eigenvalue weighted by molar-refractivity contribution is 0.573. The molecule has 0 spiro atoms. The first kappa shape index (κ1) is 12.8. The van der Waals surface area contributed by atoms with Gasteiger partial charge in [0.1, 0.15) is 0 Å². The fourth-order valence-electron chi connectivity index (χ4n) is 2.37. The highest BCUT2D eigenvalue weighted by Gasteiger charge is 2.18. The Hall–Kier alpha value is -0.670. The summed E-state index contributed by atoms with van der Waals surface area (Å²) in [6, 6.07) is 0.417. The number of rotatable bonds is 5. The van der Waals surface area contributed by atoms with Gasteiger partial charge in [-0.1, -0.05) is 25.0 Å². The van der Waals surface area contributed by atoms with Crippen molar-refractivity contribution in [1.82, 2.24) is 10.3 Å². The molecule has 1 heterocycles. The molecule has 94 valence electrons. The molecule has 0 bridgehead atoms. The summed E-state index contributed by atoms with van der Waals surface area (Å²) in [6.45, 7) is 3.30. The lowest BCUT2D eigenvalue weighted by Gasteiger charge is -2.20. The van der Waals surface area contributed by atoms with Crippen molar-refractivity contribution in [2.45, 2.75) is 51.5 Å². The van der Waals surface area contributed by atoms with E-state index in [1.165, 1.54) is 43.4 Å². The highest BCUT2D eigenvalue weighted by Crippen LogP contribution is 2.30. The van der Waals surface area contributed by atoms with Crippen LogP contribution in [0.2, 0.25) is 0 Å². The molecule has 0 aromatic carbocycles. The van der Waals surface area contributed by atoms with Gasteiger partial charge in [0.15, 0.2) is 0 Å². The largest absolute Gasteiger partial charge is 0.306 e. The molecule has 0 amide bonds. The van der Waals surface area contributed by atoms with Gasteiger partial charge in [0, 0.05) is 11.1 Å². The molecule has 17 heavy (non-hydrogen) atoms. The Labute approximate surface area is 108 Å². The lowest BCUT2D eigenvalue weighted by Crippen LogP contribution is -2.23. The van der Waals surface area contributed by atoms with Crippen molar-refractivity contribution in [3.8, 4) is 0 Å². The number of nitrogens with one attached hydrogen (secondary N) is 1. The van der Waals surface area contributed by atoms with Gasteiger partial charge in [-0.2, -0.15) is 0 Å². The topological polar surface area (TPSA) is 24.9 Å². The summed E-state index contributed by atoms with van der Waals surface area (Å²) < 4.78 is 0. The molecule has 0 fully saturated rings. The predicted molar refractivity (Wildman–Crippen MR) is 74.3 cm³/mol. The number of nitrogens with zero attached hydrogens (tertiary/aromatic N) is 1. The predicted octanol–water partition coefficient (Wildman–Crippen LogP) is 4.07. The first-order chi connectivity index (χ1) is 8.42. The lowest BCUT2D eigenvalue weighted by atomic mass is 10.0. The number of hydrogen-bond donors (Lipinski definition) is 1. The van der Waals surface area contributed by atoms with Gasteiger partial charge in [0.2, 0.25) is 0 Å². The van der Waals surface area contributed by atoms with Crippen molar-refractivity contribution in [3.63, 3.8) is 0 Å². The Balaban J connectivity index is 2.11. The maximum Gasteiger partial charge on any atom is 0.0794 e. The van der Waals surface area contributed by atoms with E-state index in [9.17, 15) is 0 Å². The van der Waals surface area contributed by atoms with Gasteiger partial charge < -0.3 is 5.32 Å². The van der Waals surface area contributed by atoms with Crippen molar-refractivity contribution in [2.75, 3.05) is 6.54 Å². The first-order valence-corrected chi connectivity index (χ1v) is 7.60. The number of hydrogen-bond acceptors (Lipinski definition) is 3. The molecule has 1 aliphatic rings. The molecule has 3 heteroatoms. The van der Waals surface area contributed by atoms with E-state index >= 15 is 0 Å². The standard InChI is InChI=1S/C14H22N2S/c1-2-9-16-14(13-10-15-11-17-13)12-7-5-3-4-6-8-12/h7,10-11,14,16H,2-6,8-9H2,1H3. The molecule has 2 nitrogen and oxygen atoms in total. The van der Waals surface area contributed by atoms with E-state index in [0.717, 1.165) is 6.54 Å². The highest BCUT2D eigenvalue weighted by atomic mass is 32.1. The van der Waals surface area contributed by atoms with Gasteiger partial charge in [-0.15, -0.1) is 11.3 Å². The van der Waals surface area contributed by atoms with E-state index in [2.05, 4.69) is 23.3 Å². The second-order valence-corrected chi connectivity index (χ2v) is 5.59. The van der Waals surface area contributed by atoms with Crippen LogP contribution in [-0.4, -0.2) is 11.5 Å². The van der Waals surface area contributed by atoms with Crippen LogP contribution in [0.25, 0.3) is 0 Å². The molecular weight excluding hydrogens is 228 g/mol. The summed E-state index contributed by atoms with van der Waals surface area (Å²) in [6.07, 6.45) is 12.2. The van der Waals surface area contributed by atoms with E-state index in [1.807, 2.05) is 11.7 Å². The Morgan fingerprint density at radius 1 is 1.41 bits per heavy atom. The molecule has 1 unspecified atom stereocenters. The molecule has 1 N–H and O–H groups in total. The summed E-state index contributed by atoms with van der Waals surface area (Å²) >= 11 is 1.77. The van der Waals surface area contributed by atoms with E-state index in [4.69, 9.17) is 0 Å². The van der Waals surface area contributed by atoms with Crippen LogP contribution >= 0.6 is 11.3 Å². The molecule has 1 atom stereocenters. The van der Waals surface area contributed by atoms with Crippen LogP contribution in [0.15, 0.2) is 23.4 Å². The monoisotopic (exact) mass is 250 g/mol. The zero-order chi connectivity index (χ0) is 11.9. The summed E-state index contributed by atoms with van der Waals surface area (Å²) in [5, 5.41) is 3.67. The van der Waals surface area contributed by atoms with Crippen LogP contribution in [0.4, 0.5) is 0 Å². The Morgan fingerprint density at radius 3 is 3.12 bits per heavy atom. The fourth-order valence-corrected chi connectivity index (χ4v) is 3.11. The minimum absolute atomic E-state index is 0.417. The maximum atomic E-state index is 4.22. The average Bonchev–Trinajstić information content (AvgIpc) is 2.73. The highest BCUT2D eigenvalue weighted by molar-refractivity contribution is 7.09. The van der Waals surface area contributed by atoms with Gasteiger partial charge in [-0.05, 0) is 38.6 Å². The zero-order valence-corrected chi connectivity index (χ0v) is 11.4. The first-order valence-electron chi connectivity index (χ1n) is 6.72. The third kappa shape index (κ3) is 3.65. The Bertz CT molecular complexity index is 343. The molecule has 1 aromatic rings. The van der Waals surface area contributed by atoms with Crippen molar-refractivity contribution >= 4 is 11.3 Å². The zero-order valence-electron chi connectivity index (χ0n) is 10.6. The molecule has 0 saturated heterocycles. The van der Waals surface area contributed by atoms with Crippen LogP contribution in [0.5, 0.6) is 0 Å². The fraction of sp³-hybridized carbons (Fsp3) is 0.643. The van der Waals surface area contributed by atoms with Gasteiger partial charge in [0.05, 0.1) is 11.6 Å². The van der Waals surface area contributed by atoms with Crippen LogP contribution in [0.1, 0.15) is 56.4 Å². The average molecular weight is 250 g/mol. The number of allylic oxidation sites excluding steroid dienone is 1. The summed E-state index contributed by atoms with van der Waals surface area (Å²) in [5.74, 6) is 0. The maximum absolute atomic E-state index is 4.22. The molecule has 0 aliphatic heterocycles. The molecule has 1 aromatic heterocycles. The normalized spacial score (nSPS) is 18.5. The minimum atomic E-state index is 0.417. The molecule has 2 rings (SSSR count). The van der Waals surface area contributed by atoms with Crippen LogP contribution in [0.3, 0.4) is 0 Å². The van der Waals surface area contributed by atoms with Gasteiger partial charge in [0.25, 0.3) is 0 Å². The van der Waals surface area contributed by atoms with Crippen molar-refractivity contribution < 1.29 is 0 Å².